The molecule has 0 bridgehead atoms. The fraction of sp³-hybridized carbons (Fsp3) is 0.312. The van der Waals surface area contributed by atoms with Gasteiger partial charge < -0.3 is 15.3 Å². The lowest BCUT2D eigenvalue weighted by Gasteiger charge is -2.23. The average molecular weight is 369 g/mol. The van der Waals surface area contributed by atoms with Crippen LogP contribution in [0.15, 0.2) is 35.5 Å². The number of hydrogen-bond donors (Lipinski definition) is 2. The van der Waals surface area contributed by atoms with Gasteiger partial charge >= 0.3 is 11.2 Å². The SMILES string of the molecule is Cc1cc(C)nc(Nc2ccc(C3=NOC(O)(C(F)(F)Cl)C3)cc2)n1. The van der Waals surface area contributed by atoms with Crippen molar-refractivity contribution < 1.29 is 18.7 Å². The molecule has 0 amide bonds. The molecule has 1 aromatic carbocycles. The van der Waals surface area contributed by atoms with Crippen LogP contribution in [0.2, 0.25) is 0 Å². The average Bonchev–Trinajstić information content (AvgIpc) is 2.90. The summed E-state index contributed by atoms with van der Waals surface area (Å²) in [5.41, 5.74) is 3.10. The van der Waals surface area contributed by atoms with Crippen LogP contribution in [0.25, 0.3) is 0 Å². The van der Waals surface area contributed by atoms with Crippen LogP contribution in [0.1, 0.15) is 23.4 Å². The van der Waals surface area contributed by atoms with Crippen molar-refractivity contribution in [1.29, 1.82) is 0 Å². The van der Waals surface area contributed by atoms with E-state index < -0.39 is 17.6 Å². The second kappa shape index (κ2) is 6.20. The van der Waals surface area contributed by atoms with E-state index in [0.29, 0.717) is 17.2 Å². The molecule has 0 spiro atoms. The third-order valence-electron chi connectivity index (χ3n) is 3.61. The molecule has 2 aromatic rings. The van der Waals surface area contributed by atoms with E-state index in [4.69, 9.17) is 11.6 Å². The van der Waals surface area contributed by atoms with Crippen LogP contribution < -0.4 is 5.32 Å². The molecular weight excluding hydrogens is 354 g/mol. The topological polar surface area (TPSA) is 79.6 Å². The summed E-state index contributed by atoms with van der Waals surface area (Å²) in [5.74, 6) is -2.38. The molecule has 1 aliphatic heterocycles. The number of oxime groups is 1. The fourth-order valence-electron chi connectivity index (χ4n) is 2.39. The number of alkyl halides is 3. The van der Waals surface area contributed by atoms with Gasteiger partial charge in [-0.05, 0) is 49.2 Å². The molecule has 0 aliphatic carbocycles. The Balaban J connectivity index is 1.73. The van der Waals surface area contributed by atoms with Gasteiger partial charge in [0.2, 0.25) is 5.95 Å². The summed E-state index contributed by atoms with van der Waals surface area (Å²) in [6.07, 6.45) is -0.517. The molecule has 0 saturated heterocycles. The number of benzene rings is 1. The summed E-state index contributed by atoms with van der Waals surface area (Å²) in [5, 5.41) is 12.3. The number of aromatic nitrogens is 2. The van der Waals surface area contributed by atoms with E-state index in [-0.39, 0.29) is 5.71 Å². The van der Waals surface area contributed by atoms with Crippen molar-refractivity contribution in [2.75, 3.05) is 5.32 Å². The second-order valence-electron chi connectivity index (χ2n) is 5.76. The molecule has 2 N–H and O–H groups in total. The predicted molar refractivity (Wildman–Crippen MR) is 89.2 cm³/mol. The molecule has 1 aliphatic rings. The lowest BCUT2D eigenvalue weighted by Crippen LogP contribution is -2.44. The summed E-state index contributed by atoms with van der Waals surface area (Å²) >= 11 is 4.87. The number of aliphatic hydroxyl groups is 1. The molecule has 1 atom stereocenters. The predicted octanol–water partition coefficient (Wildman–Crippen LogP) is 3.48. The van der Waals surface area contributed by atoms with Crippen LogP contribution in [0.4, 0.5) is 20.4 Å². The first-order valence-corrected chi connectivity index (χ1v) is 7.78. The van der Waals surface area contributed by atoms with E-state index in [1.807, 2.05) is 19.9 Å². The molecule has 0 radical (unpaired) electrons. The number of nitrogens with one attached hydrogen (secondary N) is 1. The number of aryl methyl sites for hydroxylation is 2. The highest BCUT2D eigenvalue weighted by Crippen LogP contribution is 2.40. The van der Waals surface area contributed by atoms with Crippen molar-refractivity contribution in [3.8, 4) is 0 Å². The van der Waals surface area contributed by atoms with Gasteiger partial charge in [0.25, 0.3) is 0 Å². The minimum atomic E-state index is -3.94. The van der Waals surface area contributed by atoms with Gasteiger partial charge in [-0.25, -0.2) is 9.97 Å². The van der Waals surface area contributed by atoms with Crippen LogP contribution in [0, 0.1) is 13.8 Å². The number of nitrogens with zero attached hydrogens (tertiary/aromatic N) is 3. The van der Waals surface area contributed by atoms with Gasteiger partial charge in [0.05, 0.1) is 12.1 Å². The molecule has 2 heterocycles. The van der Waals surface area contributed by atoms with Crippen molar-refractivity contribution >= 4 is 28.9 Å². The fourth-order valence-corrected chi connectivity index (χ4v) is 2.49. The van der Waals surface area contributed by atoms with Crippen molar-refractivity contribution in [2.24, 2.45) is 5.16 Å². The van der Waals surface area contributed by atoms with Crippen LogP contribution in [-0.2, 0) is 4.84 Å². The van der Waals surface area contributed by atoms with Crippen LogP contribution >= 0.6 is 11.6 Å². The first-order chi connectivity index (χ1) is 11.7. The standard InChI is InChI=1S/C16H15ClF2N4O2/c1-9-7-10(2)21-14(20-9)22-12-5-3-11(4-6-12)13-8-15(24,25-23-13)16(17,18)19/h3-7,24H,8H2,1-2H3,(H,20,21,22). The van der Waals surface area contributed by atoms with Crippen LogP contribution in [0.5, 0.6) is 0 Å². The first-order valence-electron chi connectivity index (χ1n) is 7.40. The quantitative estimate of drug-likeness (QED) is 0.808. The van der Waals surface area contributed by atoms with E-state index in [1.54, 1.807) is 24.3 Å². The lowest BCUT2D eigenvalue weighted by molar-refractivity contribution is -0.272. The highest BCUT2D eigenvalue weighted by molar-refractivity contribution is 6.22. The molecule has 6 nitrogen and oxygen atoms in total. The molecule has 132 valence electrons. The summed E-state index contributed by atoms with van der Waals surface area (Å²) in [4.78, 5) is 13.0. The Bertz CT molecular complexity index is 804. The number of hydrogen-bond acceptors (Lipinski definition) is 6. The normalized spacial score (nSPS) is 20.2. The van der Waals surface area contributed by atoms with Gasteiger partial charge in [0.15, 0.2) is 0 Å². The maximum atomic E-state index is 13.2. The van der Waals surface area contributed by atoms with E-state index in [1.165, 1.54) is 0 Å². The lowest BCUT2D eigenvalue weighted by atomic mass is 10.0. The Morgan fingerprint density at radius 2 is 1.80 bits per heavy atom. The summed E-state index contributed by atoms with van der Waals surface area (Å²) in [7, 11) is 0. The Kier molecular flexibility index (Phi) is 4.34. The monoisotopic (exact) mass is 368 g/mol. The Morgan fingerprint density at radius 1 is 1.20 bits per heavy atom. The third kappa shape index (κ3) is 3.69. The zero-order chi connectivity index (χ0) is 18.2. The molecular formula is C16H15ClF2N4O2. The van der Waals surface area contributed by atoms with E-state index in [9.17, 15) is 13.9 Å². The highest BCUT2D eigenvalue weighted by atomic mass is 35.5. The van der Waals surface area contributed by atoms with Crippen LogP contribution in [-0.4, -0.2) is 32.0 Å². The Hall–Kier alpha value is -2.32. The molecule has 1 unspecified atom stereocenters. The minimum Gasteiger partial charge on any atom is -0.351 e. The van der Waals surface area contributed by atoms with Gasteiger partial charge in [-0.15, -0.1) is 0 Å². The van der Waals surface area contributed by atoms with Crippen molar-refractivity contribution in [2.45, 2.75) is 31.4 Å². The molecule has 0 saturated carbocycles. The summed E-state index contributed by atoms with van der Waals surface area (Å²) in [6.45, 7) is 3.74. The summed E-state index contributed by atoms with van der Waals surface area (Å²) < 4.78 is 26.3. The number of anilines is 2. The van der Waals surface area contributed by atoms with E-state index in [2.05, 4.69) is 25.3 Å². The maximum absolute atomic E-state index is 13.2. The van der Waals surface area contributed by atoms with Crippen molar-refractivity contribution in [1.82, 2.24) is 9.97 Å². The number of halogens is 3. The minimum absolute atomic E-state index is 0.178. The van der Waals surface area contributed by atoms with Gasteiger partial charge in [-0.3, -0.25) is 0 Å². The highest BCUT2D eigenvalue weighted by Gasteiger charge is 2.58. The van der Waals surface area contributed by atoms with E-state index in [0.717, 1.165) is 11.4 Å². The van der Waals surface area contributed by atoms with Gasteiger partial charge in [-0.1, -0.05) is 17.3 Å². The maximum Gasteiger partial charge on any atom is 0.388 e. The van der Waals surface area contributed by atoms with Gasteiger partial charge in [0.1, 0.15) is 0 Å². The molecule has 25 heavy (non-hydrogen) atoms. The van der Waals surface area contributed by atoms with Gasteiger partial charge in [-0.2, -0.15) is 8.78 Å². The largest absolute Gasteiger partial charge is 0.388 e. The smallest absolute Gasteiger partial charge is 0.351 e. The zero-order valence-electron chi connectivity index (χ0n) is 13.4. The third-order valence-corrected chi connectivity index (χ3v) is 3.91. The van der Waals surface area contributed by atoms with Crippen molar-refractivity contribution in [3.05, 3.63) is 47.3 Å². The van der Waals surface area contributed by atoms with Gasteiger partial charge in [0, 0.05) is 17.1 Å². The Labute approximate surface area is 147 Å². The summed E-state index contributed by atoms with van der Waals surface area (Å²) in [6, 6.07) is 8.61. The van der Waals surface area contributed by atoms with E-state index >= 15 is 0 Å². The molecule has 0 fully saturated rings. The number of rotatable bonds is 4. The van der Waals surface area contributed by atoms with Crippen molar-refractivity contribution in [3.63, 3.8) is 0 Å². The second-order valence-corrected chi connectivity index (χ2v) is 6.24. The van der Waals surface area contributed by atoms with Crippen LogP contribution in [0.3, 0.4) is 0 Å². The Morgan fingerprint density at radius 3 is 2.32 bits per heavy atom. The first kappa shape index (κ1) is 17.5. The molecule has 1 aromatic heterocycles. The molecule has 3 rings (SSSR count). The zero-order valence-corrected chi connectivity index (χ0v) is 14.2. The molecule has 9 heteroatoms.